The number of imide groups is 1. The lowest BCUT2D eigenvalue weighted by Gasteiger charge is -2.21. The SMILES string of the molecule is CCN(CC)c1ccc(-n2c(C)cc(/C=C3/SC(=O)N(CC(=O)Nc4ccc(OC)cc4)C3=O)c2C)cc1. The molecule has 2 aromatic carbocycles. The Balaban J connectivity index is 1.49. The molecule has 1 saturated heterocycles. The highest BCUT2D eigenvalue weighted by Gasteiger charge is 2.36. The summed E-state index contributed by atoms with van der Waals surface area (Å²) >= 11 is 0.847. The Bertz CT molecular complexity index is 1370. The number of ether oxygens (including phenoxy) is 1. The van der Waals surface area contributed by atoms with E-state index in [2.05, 4.69) is 52.9 Å². The predicted octanol–water partition coefficient (Wildman–Crippen LogP) is 5.62. The molecule has 0 saturated carbocycles. The average Bonchev–Trinajstić information content (AvgIpc) is 3.34. The number of aromatic nitrogens is 1. The summed E-state index contributed by atoms with van der Waals surface area (Å²) in [7, 11) is 1.56. The van der Waals surface area contributed by atoms with Crippen molar-refractivity contribution in [3.05, 3.63) is 76.5 Å². The summed E-state index contributed by atoms with van der Waals surface area (Å²) in [6, 6.07) is 17.2. The van der Waals surface area contributed by atoms with Crippen LogP contribution in [0.5, 0.6) is 5.75 Å². The first-order valence-electron chi connectivity index (χ1n) is 12.5. The molecule has 0 spiro atoms. The standard InChI is InChI=1S/C29H32N4O4S/c1-6-31(7-2)23-10-12-24(13-11-23)33-19(3)16-21(20(33)4)17-26-28(35)32(29(36)38-26)18-27(34)30-22-8-14-25(37-5)15-9-22/h8-17H,6-7,18H2,1-5H3,(H,30,34)/b26-17+. The molecule has 198 valence electrons. The van der Waals surface area contributed by atoms with Crippen LogP contribution in [-0.2, 0) is 9.59 Å². The van der Waals surface area contributed by atoms with Crippen molar-refractivity contribution in [1.82, 2.24) is 9.47 Å². The molecule has 9 heteroatoms. The van der Waals surface area contributed by atoms with Gasteiger partial charge in [0.25, 0.3) is 11.1 Å². The molecule has 0 aliphatic carbocycles. The van der Waals surface area contributed by atoms with Crippen molar-refractivity contribution < 1.29 is 19.1 Å². The zero-order valence-corrected chi connectivity index (χ0v) is 23.1. The zero-order chi connectivity index (χ0) is 27.4. The van der Waals surface area contributed by atoms with Crippen molar-refractivity contribution in [2.45, 2.75) is 27.7 Å². The Morgan fingerprint density at radius 2 is 1.68 bits per heavy atom. The molecule has 1 fully saturated rings. The first kappa shape index (κ1) is 27.1. The van der Waals surface area contributed by atoms with Crippen LogP contribution in [0.3, 0.4) is 0 Å². The van der Waals surface area contributed by atoms with Gasteiger partial charge in [-0.2, -0.15) is 0 Å². The van der Waals surface area contributed by atoms with E-state index in [4.69, 9.17) is 4.74 Å². The number of hydrogen-bond acceptors (Lipinski definition) is 6. The Kier molecular flexibility index (Phi) is 8.26. The topological polar surface area (TPSA) is 83.9 Å². The van der Waals surface area contributed by atoms with Crippen LogP contribution >= 0.6 is 11.8 Å². The second-order valence-electron chi connectivity index (χ2n) is 8.90. The van der Waals surface area contributed by atoms with E-state index in [9.17, 15) is 14.4 Å². The Hall–Kier alpha value is -3.98. The molecule has 38 heavy (non-hydrogen) atoms. The molecule has 1 aliphatic heterocycles. The highest BCUT2D eigenvalue weighted by atomic mass is 32.2. The lowest BCUT2D eigenvalue weighted by atomic mass is 10.2. The number of methoxy groups -OCH3 is 1. The maximum absolute atomic E-state index is 13.0. The quantitative estimate of drug-likeness (QED) is 0.360. The minimum Gasteiger partial charge on any atom is -0.497 e. The van der Waals surface area contributed by atoms with Gasteiger partial charge in [-0.3, -0.25) is 19.3 Å². The second kappa shape index (κ2) is 11.6. The molecule has 0 atom stereocenters. The van der Waals surface area contributed by atoms with Gasteiger partial charge in [-0.05, 0) is 106 Å². The van der Waals surface area contributed by atoms with E-state index in [1.54, 1.807) is 37.5 Å². The predicted molar refractivity (Wildman–Crippen MR) is 153 cm³/mol. The molecule has 1 aromatic heterocycles. The van der Waals surface area contributed by atoms with Gasteiger partial charge in [-0.25, -0.2) is 0 Å². The summed E-state index contributed by atoms with van der Waals surface area (Å²) in [6.45, 7) is 9.81. The van der Waals surface area contributed by atoms with Crippen LogP contribution in [0.2, 0.25) is 0 Å². The smallest absolute Gasteiger partial charge is 0.294 e. The van der Waals surface area contributed by atoms with Gasteiger partial charge in [0.1, 0.15) is 12.3 Å². The fourth-order valence-electron chi connectivity index (χ4n) is 4.53. The van der Waals surface area contributed by atoms with Crippen LogP contribution in [0.1, 0.15) is 30.8 Å². The van der Waals surface area contributed by atoms with Gasteiger partial charge in [-0.15, -0.1) is 0 Å². The van der Waals surface area contributed by atoms with Gasteiger partial charge in [-0.1, -0.05) is 0 Å². The van der Waals surface area contributed by atoms with Crippen molar-refractivity contribution in [2.75, 3.05) is 37.0 Å². The number of rotatable bonds is 9. The molecular weight excluding hydrogens is 500 g/mol. The third-order valence-electron chi connectivity index (χ3n) is 6.54. The molecule has 3 amide bonds. The average molecular weight is 533 g/mol. The highest BCUT2D eigenvalue weighted by Crippen LogP contribution is 2.34. The molecule has 4 rings (SSSR count). The van der Waals surface area contributed by atoms with Crippen molar-refractivity contribution >= 4 is 46.3 Å². The second-order valence-corrected chi connectivity index (χ2v) is 9.89. The maximum atomic E-state index is 13.0. The summed E-state index contributed by atoms with van der Waals surface area (Å²) in [5.41, 5.74) is 5.58. The monoisotopic (exact) mass is 532 g/mol. The Morgan fingerprint density at radius 1 is 1.03 bits per heavy atom. The molecule has 3 aromatic rings. The maximum Gasteiger partial charge on any atom is 0.294 e. The van der Waals surface area contributed by atoms with Crippen LogP contribution < -0.4 is 15.0 Å². The fourth-order valence-corrected chi connectivity index (χ4v) is 5.36. The van der Waals surface area contributed by atoms with E-state index in [1.165, 1.54) is 5.69 Å². The van der Waals surface area contributed by atoms with Crippen molar-refractivity contribution in [3.8, 4) is 11.4 Å². The lowest BCUT2D eigenvalue weighted by molar-refractivity contribution is -0.127. The van der Waals surface area contributed by atoms with Crippen LogP contribution in [-0.4, -0.2) is 53.3 Å². The van der Waals surface area contributed by atoms with E-state index < -0.39 is 17.1 Å². The molecule has 2 heterocycles. The molecule has 1 N–H and O–H groups in total. The minimum atomic E-state index is -0.474. The number of amides is 3. The van der Waals surface area contributed by atoms with Crippen LogP contribution in [0, 0.1) is 13.8 Å². The molecule has 0 radical (unpaired) electrons. The van der Waals surface area contributed by atoms with Crippen LogP contribution in [0.4, 0.5) is 16.2 Å². The van der Waals surface area contributed by atoms with E-state index >= 15 is 0 Å². The highest BCUT2D eigenvalue weighted by molar-refractivity contribution is 8.18. The number of nitrogens with zero attached hydrogens (tertiary/aromatic N) is 3. The summed E-state index contributed by atoms with van der Waals surface area (Å²) in [5, 5.41) is 2.24. The lowest BCUT2D eigenvalue weighted by Crippen LogP contribution is -2.36. The number of benzene rings is 2. The van der Waals surface area contributed by atoms with Crippen molar-refractivity contribution in [2.24, 2.45) is 0 Å². The Labute approximate surface area is 227 Å². The number of nitrogens with one attached hydrogen (secondary N) is 1. The van der Waals surface area contributed by atoms with Gasteiger partial charge < -0.3 is 19.5 Å². The third-order valence-corrected chi connectivity index (χ3v) is 7.45. The van der Waals surface area contributed by atoms with E-state index in [0.717, 1.165) is 52.4 Å². The number of aryl methyl sites for hydroxylation is 1. The van der Waals surface area contributed by atoms with Crippen LogP contribution in [0.25, 0.3) is 11.8 Å². The number of anilines is 2. The number of thioether (sulfide) groups is 1. The van der Waals surface area contributed by atoms with Crippen molar-refractivity contribution in [3.63, 3.8) is 0 Å². The van der Waals surface area contributed by atoms with Gasteiger partial charge >= 0.3 is 0 Å². The fraction of sp³-hybridized carbons (Fsp3) is 0.276. The first-order chi connectivity index (χ1) is 18.2. The largest absolute Gasteiger partial charge is 0.497 e. The van der Waals surface area contributed by atoms with Gasteiger partial charge in [0.05, 0.1) is 12.0 Å². The zero-order valence-electron chi connectivity index (χ0n) is 22.3. The van der Waals surface area contributed by atoms with Gasteiger partial charge in [0.15, 0.2) is 0 Å². The Morgan fingerprint density at radius 3 is 2.29 bits per heavy atom. The molecular formula is C29H32N4O4S. The van der Waals surface area contributed by atoms with E-state index in [1.807, 2.05) is 19.9 Å². The number of hydrogen-bond donors (Lipinski definition) is 1. The molecule has 1 aliphatic rings. The van der Waals surface area contributed by atoms with Gasteiger partial charge in [0.2, 0.25) is 5.91 Å². The summed E-state index contributed by atoms with van der Waals surface area (Å²) < 4.78 is 7.24. The summed E-state index contributed by atoms with van der Waals surface area (Å²) in [4.78, 5) is 41.7. The third kappa shape index (κ3) is 5.62. The van der Waals surface area contributed by atoms with Gasteiger partial charge in [0, 0.05) is 41.5 Å². The first-order valence-corrected chi connectivity index (χ1v) is 13.3. The minimum absolute atomic E-state index is 0.296. The van der Waals surface area contributed by atoms with E-state index in [-0.39, 0.29) is 6.54 Å². The molecule has 0 bridgehead atoms. The van der Waals surface area contributed by atoms with Crippen LogP contribution in [0.15, 0.2) is 59.5 Å². The summed E-state index contributed by atoms with van der Waals surface area (Å²) in [5.74, 6) is -0.265. The normalized spacial score (nSPS) is 14.3. The molecule has 0 unspecified atom stereocenters. The van der Waals surface area contributed by atoms with Crippen molar-refractivity contribution in [1.29, 1.82) is 0 Å². The number of carbonyl (C=O) groups is 3. The molecule has 8 nitrogen and oxygen atoms in total. The summed E-state index contributed by atoms with van der Waals surface area (Å²) in [6.07, 6.45) is 1.73. The number of carbonyl (C=O) groups excluding carboxylic acids is 3. The van der Waals surface area contributed by atoms with E-state index in [0.29, 0.717) is 16.3 Å².